The van der Waals surface area contributed by atoms with Crippen molar-refractivity contribution in [3.8, 4) is 0 Å². The number of nitrogens with zero attached hydrogens (tertiary/aromatic N) is 5. The molecular weight excluding hydrogens is 244 g/mol. The summed E-state index contributed by atoms with van der Waals surface area (Å²) in [6.07, 6.45) is 1.54. The zero-order valence-electron chi connectivity index (χ0n) is 11.3. The van der Waals surface area contributed by atoms with Gasteiger partial charge in [-0.2, -0.15) is 5.10 Å². The van der Waals surface area contributed by atoms with Crippen LogP contribution in [0.1, 0.15) is 19.4 Å². The van der Waals surface area contributed by atoms with Crippen LogP contribution in [-0.4, -0.2) is 58.4 Å². The molecular formula is C12H20N6O. The van der Waals surface area contributed by atoms with Gasteiger partial charge < -0.3 is 15.8 Å². The third-order valence-electron chi connectivity index (χ3n) is 3.43. The van der Waals surface area contributed by atoms with Gasteiger partial charge in [-0.25, -0.2) is 0 Å². The zero-order valence-corrected chi connectivity index (χ0v) is 11.3. The van der Waals surface area contributed by atoms with Crippen LogP contribution in [-0.2, 0) is 0 Å². The van der Waals surface area contributed by atoms with Crippen LogP contribution in [0.15, 0.2) is 17.4 Å². The molecule has 7 nitrogen and oxygen atoms in total. The Hall–Kier alpha value is -1.89. The van der Waals surface area contributed by atoms with Crippen LogP contribution in [0.25, 0.3) is 0 Å². The first kappa shape index (κ1) is 13.5. The van der Waals surface area contributed by atoms with Crippen LogP contribution >= 0.6 is 0 Å². The summed E-state index contributed by atoms with van der Waals surface area (Å²) in [5, 5.41) is 19.9. The van der Waals surface area contributed by atoms with E-state index in [-0.39, 0.29) is 5.84 Å². The van der Waals surface area contributed by atoms with Crippen molar-refractivity contribution >= 4 is 11.7 Å². The molecule has 0 spiro atoms. The summed E-state index contributed by atoms with van der Waals surface area (Å²) in [4.78, 5) is 4.54. The molecule has 1 aliphatic rings. The number of aromatic nitrogens is 2. The van der Waals surface area contributed by atoms with Crippen molar-refractivity contribution in [2.45, 2.75) is 19.9 Å². The Morgan fingerprint density at radius 2 is 2.05 bits per heavy atom. The highest BCUT2D eigenvalue weighted by Gasteiger charge is 2.22. The minimum atomic E-state index is 0.0659. The van der Waals surface area contributed by atoms with E-state index in [2.05, 4.69) is 39.0 Å². The van der Waals surface area contributed by atoms with Gasteiger partial charge in [0.2, 0.25) is 0 Å². The predicted octanol–water partition coefficient (Wildman–Crippen LogP) is 0.102. The van der Waals surface area contributed by atoms with Crippen molar-refractivity contribution in [2.24, 2.45) is 10.9 Å². The Kier molecular flexibility index (Phi) is 4.16. The molecule has 1 aromatic rings. The summed E-state index contributed by atoms with van der Waals surface area (Å²) in [6.45, 7) is 8.07. The highest BCUT2D eigenvalue weighted by molar-refractivity contribution is 6.01. The first-order valence-corrected chi connectivity index (χ1v) is 6.42. The maximum atomic E-state index is 8.81. The van der Waals surface area contributed by atoms with E-state index in [9.17, 15) is 0 Å². The van der Waals surface area contributed by atoms with Gasteiger partial charge in [0.25, 0.3) is 0 Å². The molecule has 2 rings (SSSR count). The van der Waals surface area contributed by atoms with Crippen LogP contribution < -0.4 is 10.6 Å². The van der Waals surface area contributed by atoms with Gasteiger partial charge in [-0.05, 0) is 19.9 Å². The molecule has 1 fully saturated rings. The second-order valence-corrected chi connectivity index (χ2v) is 4.87. The van der Waals surface area contributed by atoms with Crippen molar-refractivity contribution in [3.63, 3.8) is 0 Å². The Bertz CT molecular complexity index is 453. The second kappa shape index (κ2) is 5.83. The zero-order chi connectivity index (χ0) is 13.8. The summed E-state index contributed by atoms with van der Waals surface area (Å²) in [5.41, 5.74) is 6.29. The number of nitrogens with two attached hydrogens (primary N) is 1. The summed E-state index contributed by atoms with van der Waals surface area (Å²) in [6, 6.07) is 2.26. The quantitative estimate of drug-likeness (QED) is 0.348. The molecule has 0 aliphatic carbocycles. The van der Waals surface area contributed by atoms with Gasteiger partial charge in [0, 0.05) is 32.2 Å². The molecule has 7 heteroatoms. The van der Waals surface area contributed by atoms with Gasteiger partial charge in [-0.1, -0.05) is 5.16 Å². The van der Waals surface area contributed by atoms with Crippen molar-refractivity contribution in [2.75, 3.05) is 31.1 Å². The highest BCUT2D eigenvalue weighted by Crippen LogP contribution is 2.18. The van der Waals surface area contributed by atoms with E-state index < -0.39 is 0 Å². The van der Waals surface area contributed by atoms with Crippen molar-refractivity contribution in [1.82, 2.24) is 15.1 Å². The second-order valence-electron chi connectivity index (χ2n) is 4.87. The predicted molar refractivity (Wildman–Crippen MR) is 73.5 cm³/mol. The summed E-state index contributed by atoms with van der Waals surface area (Å²) >= 11 is 0. The molecule has 1 aromatic heterocycles. The molecule has 0 unspecified atom stereocenters. The number of hydrogen-bond acceptors (Lipinski definition) is 6. The standard InChI is InChI=1S/C12H20N6O/c1-9(2)17-5-7-18(8-6-17)12-10(11(13)16-19)3-4-14-15-12/h3-4,9,19H,5-8H2,1-2H3,(H2,13,16). The number of rotatable bonds is 3. The smallest absolute Gasteiger partial charge is 0.173 e. The molecule has 2 heterocycles. The van der Waals surface area contributed by atoms with Crippen LogP contribution in [0.3, 0.4) is 0 Å². The average molecular weight is 264 g/mol. The summed E-state index contributed by atoms with van der Waals surface area (Å²) in [5.74, 6) is 0.748. The maximum Gasteiger partial charge on any atom is 0.173 e. The molecule has 0 atom stereocenters. The molecule has 0 amide bonds. The van der Waals surface area contributed by atoms with E-state index in [0.717, 1.165) is 26.2 Å². The Morgan fingerprint density at radius 3 is 2.63 bits per heavy atom. The first-order chi connectivity index (χ1) is 9.13. The SMILES string of the molecule is CC(C)N1CCN(c2nnccc2/C(N)=N/O)CC1. The van der Waals surface area contributed by atoms with Crippen molar-refractivity contribution in [3.05, 3.63) is 17.8 Å². The lowest BCUT2D eigenvalue weighted by Gasteiger charge is -2.37. The number of hydrogen-bond donors (Lipinski definition) is 2. The summed E-state index contributed by atoms with van der Waals surface area (Å²) < 4.78 is 0. The monoisotopic (exact) mass is 264 g/mol. The highest BCUT2D eigenvalue weighted by atomic mass is 16.4. The number of amidine groups is 1. The molecule has 104 valence electrons. The van der Waals surface area contributed by atoms with E-state index in [1.165, 1.54) is 0 Å². The van der Waals surface area contributed by atoms with E-state index in [1.807, 2.05) is 0 Å². The van der Waals surface area contributed by atoms with Crippen LogP contribution in [0.5, 0.6) is 0 Å². The lowest BCUT2D eigenvalue weighted by Crippen LogP contribution is -2.49. The van der Waals surface area contributed by atoms with Gasteiger partial charge >= 0.3 is 0 Å². The summed E-state index contributed by atoms with van der Waals surface area (Å²) in [7, 11) is 0. The number of piperazine rings is 1. The first-order valence-electron chi connectivity index (χ1n) is 6.42. The molecule has 0 bridgehead atoms. The number of anilines is 1. The van der Waals surface area contributed by atoms with Crippen molar-refractivity contribution < 1.29 is 5.21 Å². The van der Waals surface area contributed by atoms with Crippen LogP contribution in [0.2, 0.25) is 0 Å². The molecule has 0 aromatic carbocycles. The van der Waals surface area contributed by atoms with Gasteiger partial charge in [0.15, 0.2) is 11.7 Å². The fraction of sp³-hybridized carbons (Fsp3) is 0.583. The minimum absolute atomic E-state index is 0.0659. The van der Waals surface area contributed by atoms with Gasteiger partial charge in [0.05, 0.1) is 11.8 Å². The van der Waals surface area contributed by atoms with E-state index in [0.29, 0.717) is 17.4 Å². The number of oxime groups is 1. The Balaban J connectivity index is 2.16. The fourth-order valence-electron chi connectivity index (χ4n) is 2.26. The lowest BCUT2D eigenvalue weighted by atomic mass is 10.2. The minimum Gasteiger partial charge on any atom is -0.409 e. The van der Waals surface area contributed by atoms with Gasteiger partial charge in [0.1, 0.15) is 0 Å². The van der Waals surface area contributed by atoms with E-state index in [4.69, 9.17) is 10.9 Å². The van der Waals surface area contributed by atoms with Crippen molar-refractivity contribution in [1.29, 1.82) is 0 Å². The molecule has 1 aliphatic heterocycles. The average Bonchev–Trinajstić information content (AvgIpc) is 2.46. The molecule has 0 radical (unpaired) electrons. The van der Waals surface area contributed by atoms with Crippen LogP contribution in [0, 0.1) is 0 Å². The third kappa shape index (κ3) is 2.93. The van der Waals surface area contributed by atoms with Gasteiger partial charge in [-0.3, -0.25) is 4.90 Å². The molecule has 3 N–H and O–H groups in total. The van der Waals surface area contributed by atoms with E-state index in [1.54, 1.807) is 12.3 Å². The largest absolute Gasteiger partial charge is 0.409 e. The topological polar surface area (TPSA) is 90.9 Å². The maximum absolute atomic E-state index is 8.81. The fourth-order valence-corrected chi connectivity index (χ4v) is 2.26. The molecule has 0 saturated carbocycles. The van der Waals surface area contributed by atoms with Gasteiger partial charge in [-0.15, -0.1) is 5.10 Å². The van der Waals surface area contributed by atoms with Crippen LogP contribution in [0.4, 0.5) is 5.82 Å². The third-order valence-corrected chi connectivity index (χ3v) is 3.43. The Labute approximate surface area is 112 Å². The lowest BCUT2D eigenvalue weighted by molar-refractivity contribution is 0.209. The molecule has 19 heavy (non-hydrogen) atoms. The molecule has 1 saturated heterocycles. The Morgan fingerprint density at radius 1 is 1.37 bits per heavy atom. The normalized spacial score (nSPS) is 18.1. The van der Waals surface area contributed by atoms with E-state index >= 15 is 0 Å².